The van der Waals surface area contributed by atoms with E-state index in [1.807, 2.05) is 31.2 Å². The number of amides is 2. The van der Waals surface area contributed by atoms with E-state index in [2.05, 4.69) is 5.32 Å². The topological polar surface area (TPSA) is 77.1 Å². The number of hydrogen-bond donors (Lipinski definition) is 1. The molecule has 1 aliphatic rings. The third-order valence-corrected chi connectivity index (χ3v) is 4.68. The van der Waals surface area contributed by atoms with Crippen LogP contribution in [0.4, 0.5) is 5.69 Å². The molecule has 29 heavy (non-hydrogen) atoms. The molecule has 1 saturated heterocycles. The van der Waals surface area contributed by atoms with Crippen molar-refractivity contribution in [2.75, 3.05) is 38.3 Å². The molecule has 0 saturated carbocycles. The van der Waals surface area contributed by atoms with E-state index in [1.165, 1.54) is 0 Å². The van der Waals surface area contributed by atoms with Crippen LogP contribution >= 0.6 is 0 Å². The van der Waals surface area contributed by atoms with Gasteiger partial charge in [0.05, 0.1) is 13.7 Å². The summed E-state index contributed by atoms with van der Waals surface area (Å²) in [6.07, 6.45) is 0.409. The molecule has 7 heteroatoms. The molecule has 0 aliphatic carbocycles. The van der Waals surface area contributed by atoms with E-state index >= 15 is 0 Å². The Labute approximate surface area is 170 Å². The number of ether oxygens (including phenoxy) is 3. The van der Waals surface area contributed by atoms with Gasteiger partial charge in [-0.05, 0) is 55.5 Å². The number of hydrogen-bond acceptors (Lipinski definition) is 5. The van der Waals surface area contributed by atoms with Crippen LogP contribution in [0.1, 0.15) is 13.3 Å². The van der Waals surface area contributed by atoms with E-state index in [0.717, 1.165) is 17.2 Å². The number of carbonyl (C=O) groups is 2. The van der Waals surface area contributed by atoms with E-state index in [4.69, 9.17) is 14.2 Å². The molecule has 2 aromatic carbocycles. The average Bonchev–Trinajstić information content (AvgIpc) is 3.12. The van der Waals surface area contributed by atoms with E-state index in [9.17, 15) is 9.59 Å². The van der Waals surface area contributed by atoms with Crippen LogP contribution in [-0.2, 0) is 9.59 Å². The third kappa shape index (κ3) is 5.63. The SMILES string of the molecule is CCOc1ccc(OCC(=O)NCC2CC(=O)N(c3ccc(OC)cc3)C2)cc1. The molecule has 1 heterocycles. The highest BCUT2D eigenvalue weighted by molar-refractivity contribution is 5.95. The van der Waals surface area contributed by atoms with E-state index in [1.54, 1.807) is 36.3 Å². The van der Waals surface area contributed by atoms with Gasteiger partial charge >= 0.3 is 0 Å². The molecule has 3 rings (SSSR count). The largest absolute Gasteiger partial charge is 0.497 e. The number of methoxy groups -OCH3 is 1. The monoisotopic (exact) mass is 398 g/mol. The predicted octanol–water partition coefficient (Wildman–Crippen LogP) is 2.64. The lowest BCUT2D eigenvalue weighted by Gasteiger charge is -2.17. The fourth-order valence-electron chi connectivity index (χ4n) is 3.19. The van der Waals surface area contributed by atoms with Crippen LogP contribution in [0.15, 0.2) is 48.5 Å². The van der Waals surface area contributed by atoms with Gasteiger partial charge in [-0.3, -0.25) is 9.59 Å². The van der Waals surface area contributed by atoms with Crippen molar-refractivity contribution < 1.29 is 23.8 Å². The molecule has 0 spiro atoms. The third-order valence-electron chi connectivity index (χ3n) is 4.68. The molecule has 1 N–H and O–H groups in total. The Balaban J connectivity index is 1.42. The Hall–Kier alpha value is -3.22. The normalized spacial score (nSPS) is 15.9. The van der Waals surface area contributed by atoms with E-state index < -0.39 is 0 Å². The quantitative estimate of drug-likeness (QED) is 0.703. The summed E-state index contributed by atoms with van der Waals surface area (Å²) >= 11 is 0. The minimum absolute atomic E-state index is 0.0556. The zero-order chi connectivity index (χ0) is 20.6. The highest BCUT2D eigenvalue weighted by Crippen LogP contribution is 2.26. The van der Waals surface area contributed by atoms with Crippen molar-refractivity contribution >= 4 is 17.5 Å². The van der Waals surface area contributed by atoms with Gasteiger partial charge in [0.25, 0.3) is 5.91 Å². The zero-order valence-corrected chi connectivity index (χ0v) is 16.7. The highest BCUT2D eigenvalue weighted by atomic mass is 16.5. The molecule has 0 radical (unpaired) electrons. The van der Waals surface area contributed by atoms with Crippen LogP contribution in [-0.4, -0.2) is 45.2 Å². The summed E-state index contributed by atoms with van der Waals surface area (Å²) in [6.45, 7) is 3.46. The Kier molecular flexibility index (Phi) is 6.94. The molecule has 0 bridgehead atoms. The Morgan fingerprint density at radius 1 is 1.03 bits per heavy atom. The van der Waals surface area contributed by atoms with Crippen molar-refractivity contribution in [1.29, 1.82) is 0 Å². The van der Waals surface area contributed by atoms with Crippen molar-refractivity contribution in [2.24, 2.45) is 5.92 Å². The minimum atomic E-state index is -0.214. The van der Waals surface area contributed by atoms with Crippen molar-refractivity contribution in [3.8, 4) is 17.2 Å². The summed E-state index contributed by atoms with van der Waals surface area (Å²) in [6, 6.07) is 14.5. The number of nitrogens with one attached hydrogen (secondary N) is 1. The molecule has 1 fully saturated rings. The first kappa shape index (κ1) is 20.5. The van der Waals surface area contributed by atoms with Gasteiger partial charge in [-0.15, -0.1) is 0 Å². The van der Waals surface area contributed by atoms with Crippen LogP contribution in [0.25, 0.3) is 0 Å². The smallest absolute Gasteiger partial charge is 0.257 e. The maximum Gasteiger partial charge on any atom is 0.257 e. The van der Waals surface area contributed by atoms with Crippen LogP contribution in [0, 0.1) is 5.92 Å². The van der Waals surface area contributed by atoms with Gasteiger partial charge in [0.1, 0.15) is 17.2 Å². The standard InChI is InChI=1S/C22H26N2O5/c1-3-28-19-8-10-20(11-9-19)29-15-21(25)23-13-16-12-22(26)24(14-16)17-4-6-18(27-2)7-5-17/h4-11,16H,3,12-15H2,1-2H3,(H,23,25). The summed E-state index contributed by atoms with van der Waals surface area (Å²) in [4.78, 5) is 26.1. The Morgan fingerprint density at radius 3 is 2.28 bits per heavy atom. The molecular weight excluding hydrogens is 372 g/mol. The number of nitrogens with zero attached hydrogens (tertiary/aromatic N) is 1. The predicted molar refractivity (Wildman–Crippen MR) is 110 cm³/mol. The average molecular weight is 398 g/mol. The van der Waals surface area contributed by atoms with Gasteiger partial charge < -0.3 is 24.4 Å². The van der Waals surface area contributed by atoms with Crippen LogP contribution in [0.5, 0.6) is 17.2 Å². The lowest BCUT2D eigenvalue weighted by molar-refractivity contribution is -0.123. The number of rotatable bonds is 9. The molecule has 2 amide bonds. The van der Waals surface area contributed by atoms with E-state index in [-0.39, 0.29) is 24.3 Å². The fourth-order valence-corrected chi connectivity index (χ4v) is 3.19. The van der Waals surface area contributed by atoms with Crippen molar-refractivity contribution in [3.63, 3.8) is 0 Å². The van der Waals surface area contributed by atoms with Gasteiger partial charge in [-0.2, -0.15) is 0 Å². The summed E-state index contributed by atoms with van der Waals surface area (Å²) in [5.41, 5.74) is 0.837. The summed E-state index contributed by atoms with van der Waals surface area (Å²) in [7, 11) is 1.61. The first-order valence-electron chi connectivity index (χ1n) is 9.65. The first-order valence-corrected chi connectivity index (χ1v) is 9.65. The van der Waals surface area contributed by atoms with Gasteiger partial charge in [-0.25, -0.2) is 0 Å². The van der Waals surface area contributed by atoms with Crippen molar-refractivity contribution in [2.45, 2.75) is 13.3 Å². The Morgan fingerprint density at radius 2 is 1.66 bits per heavy atom. The molecule has 154 valence electrons. The lowest BCUT2D eigenvalue weighted by Crippen LogP contribution is -2.34. The number of benzene rings is 2. The fraction of sp³-hybridized carbons (Fsp3) is 0.364. The summed E-state index contributed by atoms with van der Waals surface area (Å²) in [5, 5.41) is 2.85. The lowest BCUT2D eigenvalue weighted by atomic mass is 10.1. The molecule has 0 aromatic heterocycles. The molecular formula is C22H26N2O5. The van der Waals surface area contributed by atoms with Crippen molar-refractivity contribution in [1.82, 2.24) is 5.32 Å². The second-order valence-electron chi connectivity index (χ2n) is 6.77. The molecule has 2 aromatic rings. The minimum Gasteiger partial charge on any atom is -0.497 e. The van der Waals surface area contributed by atoms with Crippen LogP contribution in [0.3, 0.4) is 0 Å². The van der Waals surface area contributed by atoms with Gasteiger partial charge in [0.2, 0.25) is 5.91 Å². The summed E-state index contributed by atoms with van der Waals surface area (Å²) in [5.74, 6) is 2.02. The maximum atomic E-state index is 12.3. The molecule has 1 atom stereocenters. The molecule has 1 unspecified atom stereocenters. The van der Waals surface area contributed by atoms with E-state index in [0.29, 0.717) is 31.9 Å². The molecule has 7 nitrogen and oxygen atoms in total. The highest BCUT2D eigenvalue weighted by Gasteiger charge is 2.30. The van der Waals surface area contributed by atoms with Gasteiger partial charge in [0, 0.05) is 31.1 Å². The summed E-state index contributed by atoms with van der Waals surface area (Å²) < 4.78 is 16.0. The Bertz CT molecular complexity index is 820. The first-order chi connectivity index (χ1) is 14.1. The van der Waals surface area contributed by atoms with Gasteiger partial charge in [0.15, 0.2) is 6.61 Å². The van der Waals surface area contributed by atoms with Crippen LogP contribution in [0.2, 0.25) is 0 Å². The second-order valence-corrected chi connectivity index (χ2v) is 6.77. The van der Waals surface area contributed by atoms with Gasteiger partial charge in [-0.1, -0.05) is 0 Å². The number of carbonyl (C=O) groups excluding carboxylic acids is 2. The maximum absolute atomic E-state index is 12.3. The second kappa shape index (κ2) is 9.82. The van der Waals surface area contributed by atoms with Crippen LogP contribution < -0.4 is 24.4 Å². The zero-order valence-electron chi connectivity index (χ0n) is 16.7. The molecule has 1 aliphatic heterocycles. The van der Waals surface area contributed by atoms with Crippen molar-refractivity contribution in [3.05, 3.63) is 48.5 Å². The number of anilines is 1.